The minimum atomic E-state index is -0.0681. The third-order valence-corrected chi connectivity index (χ3v) is 4.54. The highest BCUT2D eigenvalue weighted by atomic mass is 32.1. The number of carbonyl (C=O) groups excluding carboxylic acids is 1. The maximum atomic E-state index is 11.6. The van der Waals surface area contributed by atoms with Gasteiger partial charge in [0.2, 0.25) is 5.91 Å². The number of benzene rings is 1. The molecular formula is C20H28N2O2S. The molecule has 0 fully saturated rings. The fourth-order valence-electron chi connectivity index (χ4n) is 2.50. The molecule has 1 aromatic heterocycles. The van der Waals surface area contributed by atoms with Crippen molar-refractivity contribution in [3.05, 3.63) is 52.2 Å². The van der Waals surface area contributed by atoms with Gasteiger partial charge in [-0.2, -0.15) is 11.3 Å². The molecule has 0 aliphatic heterocycles. The molecule has 0 spiro atoms. The van der Waals surface area contributed by atoms with Crippen molar-refractivity contribution < 1.29 is 9.53 Å². The summed E-state index contributed by atoms with van der Waals surface area (Å²) in [5, 5.41) is 7.19. The van der Waals surface area contributed by atoms with Crippen LogP contribution in [-0.2, 0) is 17.9 Å². The number of hydrogen-bond acceptors (Lipinski definition) is 4. The molecule has 1 aromatic carbocycles. The number of nitrogens with zero attached hydrogens (tertiary/aromatic N) is 1. The quantitative estimate of drug-likeness (QED) is 0.737. The van der Waals surface area contributed by atoms with Crippen LogP contribution in [0.1, 0.15) is 31.9 Å². The van der Waals surface area contributed by atoms with Gasteiger partial charge in [-0.3, -0.25) is 9.69 Å². The molecule has 2 rings (SSSR count). The number of nitrogens with one attached hydrogen (secondary N) is 1. The molecule has 0 radical (unpaired) electrons. The highest BCUT2D eigenvalue weighted by Gasteiger charge is 2.10. The summed E-state index contributed by atoms with van der Waals surface area (Å²) in [6.45, 7) is 8.06. The Labute approximate surface area is 154 Å². The minimum absolute atomic E-state index is 0.00529. The number of ether oxygens (including phenoxy) is 1. The van der Waals surface area contributed by atoms with Crippen LogP contribution in [0.15, 0.2) is 41.1 Å². The van der Waals surface area contributed by atoms with Crippen molar-refractivity contribution in [2.24, 2.45) is 5.92 Å². The summed E-state index contributed by atoms with van der Waals surface area (Å²) >= 11 is 1.73. The van der Waals surface area contributed by atoms with E-state index in [9.17, 15) is 4.79 Å². The first-order valence-electron chi connectivity index (χ1n) is 8.67. The van der Waals surface area contributed by atoms with Crippen LogP contribution in [0.5, 0.6) is 5.75 Å². The first kappa shape index (κ1) is 19.5. The summed E-state index contributed by atoms with van der Waals surface area (Å²) in [6, 6.07) is 10.3. The zero-order chi connectivity index (χ0) is 18.2. The van der Waals surface area contributed by atoms with Gasteiger partial charge in [0.1, 0.15) is 11.9 Å². The average molecular weight is 361 g/mol. The normalized spacial score (nSPS) is 12.4. The van der Waals surface area contributed by atoms with E-state index in [2.05, 4.69) is 46.2 Å². The van der Waals surface area contributed by atoms with Crippen LogP contribution in [-0.4, -0.2) is 30.5 Å². The zero-order valence-corrected chi connectivity index (χ0v) is 16.3. The van der Waals surface area contributed by atoms with Crippen LogP contribution in [0.2, 0.25) is 0 Å². The molecule has 5 heteroatoms. The zero-order valence-electron chi connectivity index (χ0n) is 15.5. The van der Waals surface area contributed by atoms with Gasteiger partial charge in [0.05, 0.1) is 6.54 Å². The molecule has 1 heterocycles. The second-order valence-corrected chi connectivity index (χ2v) is 7.56. The van der Waals surface area contributed by atoms with Gasteiger partial charge in [0.15, 0.2) is 0 Å². The van der Waals surface area contributed by atoms with Crippen molar-refractivity contribution in [2.75, 3.05) is 13.6 Å². The maximum absolute atomic E-state index is 11.6. The van der Waals surface area contributed by atoms with Crippen LogP contribution in [0.25, 0.3) is 0 Å². The lowest BCUT2D eigenvalue weighted by molar-refractivity contribution is -0.124. The molecule has 4 nitrogen and oxygen atoms in total. The Balaban J connectivity index is 1.84. The lowest BCUT2D eigenvalue weighted by atomic mass is 10.2. The van der Waals surface area contributed by atoms with E-state index in [4.69, 9.17) is 4.74 Å². The molecule has 0 aliphatic carbocycles. The highest BCUT2D eigenvalue weighted by Crippen LogP contribution is 2.17. The van der Waals surface area contributed by atoms with E-state index in [1.165, 1.54) is 11.1 Å². The Kier molecular flexibility index (Phi) is 7.47. The molecule has 25 heavy (non-hydrogen) atoms. The first-order valence-corrected chi connectivity index (χ1v) is 9.61. The van der Waals surface area contributed by atoms with E-state index in [0.717, 1.165) is 18.8 Å². The van der Waals surface area contributed by atoms with Gasteiger partial charge in [-0.25, -0.2) is 0 Å². The van der Waals surface area contributed by atoms with Crippen molar-refractivity contribution in [1.82, 2.24) is 10.2 Å². The predicted molar refractivity (Wildman–Crippen MR) is 104 cm³/mol. The highest BCUT2D eigenvalue weighted by molar-refractivity contribution is 7.07. The van der Waals surface area contributed by atoms with Crippen molar-refractivity contribution in [3.63, 3.8) is 0 Å². The van der Waals surface area contributed by atoms with Crippen LogP contribution >= 0.6 is 11.3 Å². The summed E-state index contributed by atoms with van der Waals surface area (Å²) in [7, 11) is 2.12. The standard InChI is InChI=1S/C20H28N2O2S/c1-15(2)20(23)21-11-16(3)24-19-7-5-6-17(10-19)12-22(4)13-18-8-9-25-14-18/h5-10,14-16H,11-13H2,1-4H3,(H,21,23). The summed E-state index contributed by atoms with van der Waals surface area (Å²) in [5.74, 6) is 0.890. The van der Waals surface area contributed by atoms with E-state index in [0.29, 0.717) is 6.54 Å². The minimum Gasteiger partial charge on any atom is -0.489 e. The molecule has 1 amide bonds. The molecule has 136 valence electrons. The molecule has 0 saturated heterocycles. The number of hydrogen-bond donors (Lipinski definition) is 1. The van der Waals surface area contributed by atoms with Crippen LogP contribution in [0, 0.1) is 5.92 Å². The Hall–Kier alpha value is -1.85. The van der Waals surface area contributed by atoms with Crippen LogP contribution in [0.3, 0.4) is 0 Å². The van der Waals surface area contributed by atoms with Gasteiger partial charge in [-0.15, -0.1) is 0 Å². The molecule has 0 bridgehead atoms. The van der Waals surface area contributed by atoms with Gasteiger partial charge in [-0.05, 0) is 54.1 Å². The number of rotatable bonds is 9. The van der Waals surface area contributed by atoms with Gasteiger partial charge in [-0.1, -0.05) is 26.0 Å². The molecule has 1 N–H and O–H groups in total. The average Bonchev–Trinajstić information content (AvgIpc) is 3.05. The van der Waals surface area contributed by atoms with E-state index >= 15 is 0 Å². The fraction of sp³-hybridized carbons (Fsp3) is 0.450. The van der Waals surface area contributed by atoms with E-state index in [-0.39, 0.29) is 17.9 Å². The molecule has 0 aliphatic rings. The Morgan fingerprint density at radius 1 is 1.20 bits per heavy atom. The molecule has 1 unspecified atom stereocenters. The largest absolute Gasteiger partial charge is 0.489 e. The molecule has 1 atom stereocenters. The van der Waals surface area contributed by atoms with Crippen molar-refractivity contribution in [2.45, 2.75) is 40.0 Å². The summed E-state index contributed by atoms with van der Waals surface area (Å²) in [5.41, 5.74) is 2.56. The summed E-state index contributed by atoms with van der Waals surface area (Å²) < 4.78 is 5.94. The Bertz CT molecular complexity index is 655. The second-order valence-electron chi connectivity index (χ2n) is 6.78. The van der Waals surface area contributed by atoms with Gasteiger partial charge in [0.25, 0.3) is 0 Å². The van der Waals surface area contributed by atoms with Gasteiger partial charge < -0.3 is 10.1 Å². The number of carbonyl (C=O) groups is 1. The van der Waals surface area contributed by atoms with E-state index in [1.807, 2.05) is 32.9 Å². The SMILES string of the molecule is CC(CNC(=O)C(C)C)Oc1cccc(CN(C)Cc2ccsc2)c1. The fourth-order valence-corrected chi connectivity index (χ4v) is 3.16. The van der Waals surface area contributed by atoms with Gasteiger partial charge in [0, 0.05) is 19.0 Å². The Morgan fingerprint density at radius 2 is 1.96 bits per heavy atom. The van der Waals surface area contributed by atoms with Crippen molar-refractivity contribution in [3.8, 4) is 5.75 Å². The molecule has 2 aromatic rings. The molecular weight excluding hydrogens is 332 g/mol. The van der Waals surface area contributed by atoms with Crippen LogP contribution < -0.4 is 10.1 Å². The third kappa shape index (κ3) is 6.88. The lowest BCUT2D eigenvalue weighted by Crippen LogP contribution is -2.35. The maximum Gasteiger partial charge on any atom is 0.222 e. The van der Waals surface area contributed by atoms with Gasteiger partial charge >= 0.3 is 0 Å². The van der Waals surface area contributed by atoms with Crippen molar-refractivity contribution >= 4 is 17.2 Å². The Morgan fingerprint density at radius 3 is 2.64 bits per heavy atom. The number of thiophene rings is 1. The van der Waals surface area contributed by atoms with E-state index in [1.54, 1.807) is 11.3 Å². The van der Waals surface area contributed by atoms with Crippen molar-refractivity contribution in [1.29, 1.82) is 0 Å². The summed E-state index contributed by atoms with van der Waals surface area (Å²) in [4.78, 5) is 13.9. The number of amides is 1. The summed E-state index contributed by atoms with van der Waals surface area (Å²) in [6.07, 6.45) is -0.0681. The smallest absolute Gasteiger partial charge is 0.222 e. The third-order valence-electron chi connectivity index (χ3n) is 3.81. The monoisotopic (exact) mass is 360 g/mol. The second kappa shape index (κ2) is 9.59. The molecule has 0 saturated carbocycles. The predicted octanol–water partition coefficient (Wildman–Crippen LogP) is 3.92. The van der Waals surface area contributed by atoms with E-state index < -0.39 is 0 Å². The lowest BCUT2D eigenvalue weighted by Gasteiger charge is -2.19. The first-order chi connectivity index (χ1) is 11.9. The topological polar surface area (TPSA) is 41.6 Å². The van der Waals surface area contributed by atoms with Crippen LogP contribution in [0.4, 0.5) is 0 Å².